The van der Waals surface area contributed by atoms with Gasteiger partial charge < -0.3 is 5.32 Å². The van der Waals surface area contributed by atoms with Crippen LogP contribution in [0.2, 0.25) is 0 Å². The lowest BCUT2D eigenvalue weighted by Crippen LogP contribution is -2.40. The Morgan fingerprint density at radius 2 is 2.10 bits per heavy atom. The molecule has 1 aromatic carbocycles. The van der Waals surface area contributed by atoms with E-state index in [-0.39, 0.29) is 12.4 Å². The van der Waals surface area contributed by atoms with E-state index >= 15 is 0 Å². The van der Waals surface area contributed by atoms with Gasteiger partial charge in [-0.1, -0.05) is 6.07 Å². The number of thiazole rings is 1. The van der Waals surface area contributed by atoms with Crippen LogP contribution in [0.15, 0.2) is 18.2 Å². The van der Waals surface area contributed by atoms with Gasteiger partial charge in [0.25, 0.3) is 0 Å². The highest BCUT2D eigenvalue weighted by atomic mass is 35.5. The van der Waals surface area contributed by atoms with E-state index in [0.717, 1.165) is 36.2 Å². The Bertz CT molecular complexity index is 563. The molecule has 1 aromatic heterocycles. The van der Waals surface area contributed by atoms with Gasteiger partial charge in [-0.3, -0.25) is 4.90 Å². The molecule has 1 aliphatic rings. The molecule has 3 rings (SSSR count). The highest BCUT2D eigenvalue weighted by molar-refractivity contribution is 7.18. The minimum atomic E-state index is 0. The van der Waals surface area contributed by atoms with Crippen LogP contribution >= 0.6 is 23.7 Å². The Hall–Kier alpha value is -0.680. The summed E-state index contributed by atoms with van der Waals surface area (Å²) in [6.45, 7) is 5.42. The van der Waals surface area contributed by atoms with Crippen molar-refractivity contribution in [3.63, 3.8) is 0 Å². The van der Waals surface area contributed by atoms with Gasteiger partial charge in [0.1, 0.15) is 0 Å². The summed E-state index contributed by atoms with van der Waals surface area (Å²) >= 11 is 1.79. The maximum Gasteiger partial charge on any atom is 0.0907 e. The molecule has 0 aliphatic carbocycles. The number of nitrogens with one attached hydrogen (secondary N) is 1. The summed E-state index contributed by atoms with van der Waals surface area (Å²) in [5.74, 6) is 0. The molecule has 5 heteroatoms. The molecule has 2 heterocycles. The van der Waals surface area contributed by atoms with Gasteiger partial charge in [0.05, 0.1) is 15.2 Å². The number of aryl methyl sites for hydroxylation is 1. The number of fused-ring (bicyclic) bond motifs is 1. The van der Waals surface area contributed by atoms with Crippen LogP contribution in [0.4, 0.5) is 0 Å². The number of benzene rings is 1. The Labute approximate surface area is 130 Å². The normalized spacial score (nSPS) is 16.6. The first kappa shape index (κ1) is 15.7. The predicted molar refractivity (Wildman–Crippen MR) is 89.0 cm³/mol. The Balaban J connectivity index is 0.00000147. The average molecular weight is 312 g/mol. The second kappa shape index (κ2) is 6.85. The summed E-state index contributed by atoms with van der Waals surface area (Å²) in [5, 5.41) is 4.58. The molecular formula is C15H22ClN3S. The lowest BCUT2D eigenvalue weighted by atomic mass is 10.0. The van der Waals surface area contributed by atoms with Crippen molar-refractivity contribution in [2.75, 3.05) is 20.1 Å². The molecular weight excluding hydrogens is 290 g/mol. The minimum absolute atomic E-state index is 0. The van der Waals surface area contributed by atoms with Gasteiger partial charge in [-0.2, -0.15) is 0 Å². The fourth-order valence-corrected chi connectivity index (χ4v) is 3.74. The first-order valence-corrected chi connectivity index (χ1v) is 7.81. The molecule has 1 fully saturated rings. The zero-order chi connectivity index (χ0) is 13.2. The molecule has 110 valence electrons. The van der Waals surface area contributed by atoms with Crippen LogP contribution in [-0.2, 0) is 6.54 Å². The summed E-state index contributed by atoms with van der Waals surface area (Å²) < 4.78 is 1.31. The molecule has 0 unspecified atom stereocenters. The van der Waals surface area contributed by atoms with E-state index < -0.39 is 0 Å². The maximum atomic E-state index is 4.52. The molecule has 0 radical (unpaired) electrons. The highest BCUT2D eigenvalue weighted by Crippen LogP contribution is 2.23. The number of rotatable bonds is 3. The topological polar surface area (TPSA) is 28.2 Å². The molecule has 1 aliphatic heterocycles. The Morgan fingerprint density at radius 3 is 2.85 bits per heavy atom. The van der Waals surface area contributed by atoms with Crippen molar-refractivity contribution in [2.24, 2.45) is 0 Å². The lowest BCUT2D eigenvalue weighted by Gasteiger charge is -2.31. The minimum Gasteiger partial charge on any atom is -0.317 e. The first-order valence-electron chi connectivity index (χ1n) is 6.99. The van der Waals surface area contributed by atoms with Crippen molar-refractivity contribution in [3.05, 3.63) is 28.8 Å². The van der Waals surface area contributed by atoms with Gasteiger partial charge in [-0.05, 0) is 57.6 Å². The third-order valence-corrected chi connectivity index (χ3v) is 4.86. The largest absolute Gasteiger partial charge is 0.317 e. The van der Waals surface area contributed by atoms with Gasteiger partial charge in [0.15, 0.2) is 0 Å². The molecule has 0 amide bonds. The summed E-state index contributed by atoms with van der Waals surface area (Å²) in [4.78, 5) is 7.02. The van der Waals surface area contributed by atoms with E-state index in [1.54, 1.807) is 11.3 Å². The average Bonchev–Trinajstić information content (AvgIpc) is 2.79. The molecule has 2 aromatic rings. The summed E-state index contributed by atoms with van der Waals surface area (Å²) in [6, 6.07) is 7.40. The van der Waals surface area contributed by atoms with Crippen LogP contribution in [0.5, 0.6) is 0 Å². The van der Waals surface area contributed by atoms with E-state index in [0.29, 0.717) is 0 Å². The second-order valence-electron chi connectivity index (χ2n) is 5.43. The van der Waals surface area contributed by atoms with Crippen LogP contribution in [0.25, 0.3) is 10.2 Å². The van der Waals surface area contributed by atoms with Gasteiger partial charge in [-0.25, -0.2) is 4.98 Å². The Kier molecular flexibility index (Phi) is 5.38. The third kappa shape index (κ3) is 3.50. The van der Waals surface area contributed by atoms with Gasteiger partial charge in [0, 0.05) is 12.6 Å². The second-order valence-corrected chi connectivity index (χ2v) is 6.67. The number of hydrogen-bond donors (Lipinski definition) is 1. The maximum absolute atomic E-state index is 4.52. The number of halogens is 1. The van der Waals surface area contributed by atoms with Crippen molar-refractivity contribution in [1.82, 2.24) is 15.2 Å². The van der Waals surface area contributed by atoms with Crippen LogP contribution < -0.4 is 5.32 Å². The first-order chi connectivity index (χ1) is 9.22. The smallest absolute Gasteiger partial charge is 0.0907 e. The Morgan fingerprint density at radius 1 is 1.35 bits per heavy atom. The summed E-state index contributed by atoms with van der Waals surface area (Å²) in [6.07, 6.45) is 2.52. The monoisotopic (exact) mass is 311 g/mol. The van der Waals surface area contributed by atoms with E-state index in [9.17, 15) is 0 Å². The summed E-state index contributed by atoms with van der Waals surface area (Å²) in [7, 11) is 2.25. The van der Waals surface area contributed by atoms with E-state index in [2.05, 4.69) is 47.4 Å². The van der Waals surface area contributed by atoms with Crippen LogP contribution in [0, 0.1) is 6.92 Å². The molecule has 3 nitrogen and oxygen atoms in total. The van der Waals surface area contributed by atoms with Crippen molar-refractivity contribution in [2.45, 2.75) is 32.4 Å². The highest BCUT2D eigenvalue weighted by Gasteiger charge is 2.17. The number of nitrogens with zero attached hydrogens (tertiary/aromatic N) is 2. The van der Waals surface area contributed by atoms with Gasteiger partial charge in [0.2, 0.25) is 0 Å². The van der Waals surface area contributed by atoms with Crippen LogP contribution in [0.3, 0.4) is 0 Å². The molecule has 20 heavy (non-hydrogen) atoms. The van der Waals surface area contributed by atoms with Gasteiger partial charge in [-0.15, -0.1) is 23.7 Å². The standard InChI is InChI=1S/C15H21N3S.ClH/c1-11-17-14-4-3-12(9-15(14)19-11)10-18(2)13-5-7-16-8-6-13;/h3-4,9,13,16H,5-8,10H2,1-2H3;1H. The predicted octanol–water partition coefficient (Wildman–Crippen LogP) is 3.21. The quantitative estimate of drug-likeness (QED) is 0.943. The zero-order valence-electron chi connectivity index (χ0n) is 12.1. The molecule has 0 atom stereocenters. The molecule has 1 N–H and O–H groups in total. The fraction of sp³-hybridized carbons (Fsp3) is 0.533. The van der Waals surface area contributed by atoms with Crippen molar-refractivity contribution < 1.29 is 0 Å². The van der Waals surface area contributed by atoms with Crippen molar-refractivity contribution in [3.8, 4) is 0 Å². The molecule has 0 bridgehead atoms. The van der Waals surface area contributed by atoms with Crippen LogP contribution in [-0.4, -0.2) is 36.1 Å². The lowest BCUT2D eigenvalue weighted by molar-refractivity contribution is 0.192. The van der Waals surface area contributed by atoms with Crippen molar-refractivity contribution in [1.29, 1.82) is 0 Å². The number of piperidine rings is 1. The van der Waals surface area contributed by atoms with Crippen LogP contribution in [0.1, 0.15) is 23.4 Å². The number of aromatic nitrogens is 1. The SMILES string of the molecule is Cc1nc2ccc(CN(C)C3CCNCC3)cc2s1.Cl. The third-order valence-electron chi connectivity index (χ3n) is 3.92. The molecule has 1 saturated heterocycles. The molecule has 0 saturated carbocycles. The van der Waals surface area contributed by atoms with E-state index in [1.807, 2.05) is 0 Å². The summed E-state index contributed by atoms with van der Waals surface area (Å²) in [5.41, 5.74) is 2.54. The van der Waals surface area contributed by atoms with Crippen molar-refractivity contribution >= 4 is 34.0 Å². The zero-order valence-corrected chi connectivity index (χ0v) is 13.7. The number of hydrogen-bond acceptors (Lipinski definition) is 4. The molecule has 0 spiro atoms. The van der Waals surface area contributed by atoms with E-state index in [4.69, 9.17) is 0 Å². The van der Waals surface area contributed by atoms with Gasteiger partial charge >= 0.3 is 0 Å². The van der Waals surface area contributed by atoms with E-state index in [1.165, 1.54) is 23.1 Å². The fourth-order valence-electron chi connectivity index (χ4n) is 2.85.